The number of hydrogen-bond acceptors (Lipinski definition) is 3. The molecule has 0 aliphatic carbocycles. The topological polar surface area (TPSA) is 79.0 Å². The second-order valence-electron chi connectivity index (χ2n) is 6.36. The quantitative estimate of drug-likeness (QED) is 0.599. The Labute approximate surface area is 163 Å². The summed E-state index contributed by atoms with van der Waals surface area (Å²) in [5.74, 6) is -0.217. The first-order chi connectivity index (χ1) is 12.7. The van der Waals surface area contributed by atoms with Gasteiger partial charge in [-0.2, -0.15) is 0 Å². The van der Waals surface area contributed by atoms with Crippen molar-refractivity contribution in [2.24, 2.45) is 0 Å². The summed E-state index contributed by atoms with van der Waals surface area (Å²) < 4.78 is 25.0. The van der Waals surface area contributed by atoms with Gasteiger partial charge in [0.2, 0.25) is 15.8 Å². The third-order valence-electron chi connectivity index (χ3n) is 4.23. The van der Waals surface area contributed by atoms with Crippen molar-refractivity contribution in [1.82, 2.24) is 4.98 Å². The van der Waals surface area contributed by atoms with E-state index in [9.17, 15) is 13.2 Å². The monoisotopic (exact) mass is 402 g/mol. The Bertz CT molecular complexity index is 1060. The van der Waals surface area contributed by atoms with Crippen molar-refractivity contribution < 1.29 is 13.2 Å². The first-order valence-corrected chi connectivity index (χ1v) is 10.6. The van der Waals surface area contributed by atoms with Crippen LogP contribution in [-0.4, -0.2) is 25.4 Å². The van der Waals surface area contributed by atoms with Crippen molar-refractivity contribution in [3.05, 3.63) is 88.2 Å². The Morgan fingerprint density at radius 2 is 1.70 bits per heavy atom. The molecule has 140 valence electrons. The van der Waals surface area contributed by atoms with E-state index in [0.717, 1.165) is 17.5 Å². The Balaban J connectivity index is 1.84. The van der Waals surface area contributed by atoms with Gasteiger partial charge in [0.25, 0.3) is 0 Å². The van der Waals surface area contributed by atoms with E-state index in [1.165, 1.54) is 0 Å². The van der Waals surface area contributed by atoms with Gasteiger partial charge in [-0.25, -0.2) is 8.42 Å². The minimum atomic E-state index is -3.32. The van der Waals surface area contributed by atoms with Crippen LogP contribution in [0, 0.1) is 0 Å². The molecule has 0 aliphatic rings. The summed E-state index contributed by atoms with van der Waals surface area (Å²) in [6.07, 6.45) is 1.10. The number of aromatic nitrogens is 1. The van der Waals surface area contributed by atoms with Crippen LogP contribution in [0.15, 0.2) is 60.7 Å². The first-order valence-electron chi connectivity index (χ1n) is 8.30. The van der Waals surface area contributed by atoms with E-state index in [1.54, 1.807) is 30.3 Å². The summed E-state index contributed by atoms with van der Waals surface area (Å²) >= 11 is 6.36. The second-order valence-corrected chi connectivity index (χ2v) is 8.51. The van der Waals surface area contributed by atoms with E-state index in [2.05, 4.69) is 9.71 Å². The van der Waals surface area contributed by atoms with Crippen molar-refractivity contribution in [3.8, 4) is 0 Å². The maximum absolute atomic E-state index is 12.6. The number of nitrogens with one attached hydrogen (secondary N) is 2. The van der Waals surface area contributed by atoms with E-state index in [1.807, 2.05) is 37.3 Å². The number of aromatic amines is 1. The fourth-order valence-electron chi connectivity index (χ4n) is 2.85. The molecule has 7 heteroatoms. The Kier molecular flexibility index (Phi) is 5.39. The Hall–Kier alpha value is -2.57. The number of ketones is 1. The third-order valence-corrected chi connectivity index (χ3v) is 5.14. The van der Waals surface area contributed by atoms with Crippen LogP contribution in [-0.2, 0) is 10.0 Å². The van der Waals surface area contributed by atoms with Gasteiger partial charge >= 0.3 is 0 Å². The molecule has 0 spiro atoms. The molecule has 27 heavy (non-hydrogen) atoms. The second kappa shape index (κ2) is 7.58. The highest BCUT2D eigenvalue weighted by atomic mass is 35.5. The minimum Gasteiger partial charge on any atom is -0.354 e. The van der Waals surface area contributed by atoms with Gasteiger partial charge in [0, 0.05) is 22.9 Å². The van der Waals surface area contributed by atoms with Gasteiger partial charge in [0.05, 0.1) is 17.0 Å². The standard InChI is InChI=1S/C20H19ClN2O3S/c1-13(14-8-10-16(11-9-14)23-27(2,25)26)19-17(21)12-18(22-19)20(24)15-6-4-3-5-7-15/h3-13,22-23H,1-2H3. The molecule has 0 radical (unpaired) electrons. The normalized spacial score (nSPS) is 12.6. The van der Waals surface area contributed by atoms with E-state index in [-0.39, 0.29) is 11.7 Å². The van der Waals surface area contributed by atoms with Crippen molar-refractivity contribution in [1.29, 1.82) is 0 Å². The van der Waals surface area contributed by atoms with Crippen LogP contribution in [0.25, 0.3) is 0 Å². The highest BCUT2D eigenvalue weighted by molar-refractivity contribution is 7.92. The zero-order chi connectivity index (χ0) is 19.6. The molecule has 1 heterocycles. The molecule has 2 aromatic carbocycles. The smallest absolute Gasteiger partial charge is 0.229 e. The molecule has 1 atom stereocenters. The van der Waals surface area contributed by atoms with E-state index in [0.29, 0.717) is 22.0 Å². The molecule has 1 aromatic heterocycles. The average Bonchev–Trinajstić information content (AvgIpc) is 3.02. The lowest BCUT2D eigenvalue weighted by atomic mass is 9.98. The van der Waals surface area contributed by atoms with E-state index in [4.69, 9.17) is 11.6 Å². The number of carbonyl (C=O) groups is 1. The van der Waals surface area contributed by atoms with E-state index >= 15 is 0 Å². The SMILES string of the molecule is CC(c1ccc(NS(C)(=O)=O)cc1)c1[nH]c(C(=O)c2ccccc2)cc1Cl. The number of benzene rings is 2. The largest absolute Gasteiger partial charge is 0.354 e. The first kappa shape index (κ1) is 19.2. The predicted molar refractivity (Wildman–Crippen MR) is 108 cm³/mol. The van der Waals surface area contributed by atoms with Crippen molar-refractivity contribution >= 4 is 33.1 Å². The summed E-state index contributed by atoms with van der Waals surface area (Å²) in [5.41, 5.74) is 3.19. The number of halogens is 1. The molecule has 2 N–H and O–H groups in total. The zero-order valence-corrected chi connectivity index (χ0v) is 16.4. The van der Waals surface area contributed by atoms with Gasteiger partial charge in [-0.15, -0.1) is 0 Å². The Morgan fingerprint density at radius 3 is 2.30 bits per heavy atom. The van der Waals surface area contributed by atoms with Gasteiger partial charge in [-0.1, -0.05) is 61.0 Å². The van der Waals surface area contributed by atoms with Gasteiger partial charge in [-0.05, 0) is 23.8 Å². The zero-order valence-electron chi connectivity index (χ0n) is 14.9. The lowest BCUT2D eigenvalue weighted by molar-refractivity contribution is 0.103. The fraction of sp³-hybridized carbons (Fsp3) is 0.150. The fourth-order valence-corrected chi connectivity index (χ4v) is 3.73. The average molecular weight is 403 g/mol. The van der Waals surface area contributed by atoms with Gasteiger partial charge in [0.1, 0.15) is 0 Å². The van der Waals surface area contributed by atoms with Crippen molar-refractivity contribution in [2.75, 3.05) is 11.0 Å². The maximum atomic E-state index is 12.6. The highest BCUT2D eigenvalue weighted by Gasteiger charge is 2.19. The molecule has 0 fully saturated rings. The molecule has 0 bridgehead atoms. The minimum absolute atomic E-state index is 0.0953. The van der Waals surface area contributed by atoms with Crippen LogP contribution in [0.1, 0.15) is 40.2 Å². The predicted octanol–water partition coefficient (Wildman–Crippen LogP) is 4.42. The molecule has 0 saturated carbocycles. The van der Waals surface area contributed by atoms with Crippen LogP contribution in [0.4, 0.5) is 5.69 Å². The van der Waals surface area contributed by atoms with E-state index < -0.39 is 10.0 Å². The molecule has 3 rings (SSSR count). The number of hydrogen-bond donors (Lipinski definition) is 2. The van der Waals surface area contributed by atoms with Gasteiger partial charge in [0.15, 0.2) is 0 Å². The molecule has 0 aliphatic heterocycles. The van der Waals surface area contributed by atoms with Crippen LogP contribution in [0.3, 0.4) is 0 Å². The van der Waals surface area contributed by atoms with Crippen molar-refractivity contribution in [2.45, 2.75) is 12.8 Å². The maximum Gasteiger partial charge on any atom is 0.229 e. The number of carbonyl (C=O) groups excluding carboxylic acids is 1. The molecule has 0 amide bonds. The molecular weight excluding hydrogens is 384 g/mol. The van der Waals surface area contributed by atoms with Crippen LogP contribution in [0.5, 0.6) is 0 Å². The lowest BCUT2D eigenvalue weighted by Crippen LogP contribution is -2.09. The highest BCUT2D eigenvalue weighted by Crippen LogP contribution is 2.31. The summed E-state index contributed by atoms with van der Waals surface area (Å²) in [6.45, 7) is 1.97. The number of H-pyrrole nitrogens is 1. The van der Waals surface area contributed by atoms with Crippen molar-refractivity contribution in [3.63, 3.8) is 0 Å². The number of rotatable bonds is 6. The number of sulfonamides is 1. The van der Waals surface area contributed by atoms with Crippen LogP contribution >= 0.6 is 11.6 Å². The lowest BCUT2D eigenvalue weighted by Gasteiger charge is -2.12. The Morgan fingerprint density at radius 1 is 1.07 bits per heavy atom. The summed E-state index contributed by atoms with van der Waals surface area (Å²) in [7, 11) is -3.32. The van der Waals surface area contributed by atoms with Crippen LogP contribution < -0.4 is 4.72 Å². The van der Waals surface area contributed by atoms with Crippen LogP contribution in [0.2, 0.25) is 5.02 Å². The summed E-state index contributed by atoms with van der Waals surface area (Å²) in [4.78, 5) is 15.7. The number of anilines is 1. The van der Waals surface area contributed by atoms with Gasteiger partial charge < -0.3 is 4.98 Å². The third kappa shape index (κ3) is 4.59. The molecule has 5 nitrogen and oxygen atoms in total. The summed E-state index contributed by atoms with van der Waals surface area (Å²) in [5, 5.41) is 0.486. The molecule has 0 saturated heterocycles. The molecule has 3 aromatic rings. The summed E-state index contributed by atoms with van der Waals surface area (Å²) in [6, 6.07) is 17.7. The molecule has 1 unspecified atom stereocenters. The molecular formula is C20H19ClN2O3S. The van der Waals surface area contributed by atoms with Gasteiger partial charge in [-0.3, -0.25) is 9.52 Å².